The Hall–Kier alpha value is -2.54. The van der Waals surface area contributed by atoms with Crippen LogP contribution in [0.5, 0.6) is 0 Å². The van der Waals surface area contributed by atoms with E-state index in [2.05, 4.69) is 21.0 Å². The van der Waals surface area contributed by atoms with E-state index in [1.807, 2.05) is 18.4 Å². The van der Waals surface area contributed by atoms with Gasteiger partial charge in [0.1, 0.15) is 5.82 Å². The van der Waals surface area contributed by atoms with Crippen LogP contribution in [0.2, 0.25) is 0 Å². The summed E-state index contributed by atoms with van der Waals surface area (Å²) in [6.07, 6.45) is 6.00. The molecule has 1 aromatic carbocycles. The van der Waals surface area contributed by atoms with Crippen molar-refractivity contribution in [3.05, 3.63) is 41.7 Å². The summed E-state index contributed by atoms with van der Waals surface area (Å²) in [6.45, 7) is 0. The van der Waals surface area contributed by atoms with Gasteiger partial charge in [-0.25, -0.2) is 4.98 Å². The first kappa shape index (κ1) is 14.4. The van der Waals surface area contributed by atoms with E-state index in [1.54, 1.807) is 24.2 Å². The largest absolute Gasteiger partial charge is 0.396 e. The third-order valence-corrected chi connectivity index (χ3v) is 4.27. The molecule has 0 spiro atoms. The Balaban J connectivity index is 2.16. The van der Waals surface area contributed by atoms with Crippen molar-refractivity contribution in [2.75, 3.05) is 23.5 Å². The molecule has 0 aliphatic heterocycles. The molecule has 3 aromatic rings. The van der Waals surface area contributed by atoms with Gasteiger partial charge in [-0.3, -0.25) is 4.98 Å². The average Bonchev–Trinajstić information content (AvgIpc) is 2.52. The van der Waals surface area contributed by atoms with Crippen LogP contribution in [0.4, 0.5) is 17.5 Å². The standard InChI is InChI=1S/C15H16N6S/c1-22-11-6-8(5-9-7-20-15(18)21-14(9)17)10-3-2-4-19-13(10)12(11)16/h2-4,6-7H,5,16H2,1H3,(H4,17,18,20,21). The minimum absolute atomic E-state index is 0.176. The molecule has 7 heteroatoms. The van der Waals surface area contributed by atoms with Crippen LogP contribution < -0.4 is 17.2 Å². The number of rotatable bonds is 3. The second-order valence-electron chi connectivity index (χ2n) is 4.87. The van der Waals surface area contributed by atoms with E-state index in [4.69, 9.17) is 17.2 Å². The van der Waals surface area contributed by atoms with Gasteiger partial charge in [-0.05, 0) is 24.0 Å². The van der Waals surface area contributed by atoms with Crippen LogP contribution in [0.25, 0.3) is 10.9 Å². The average molecular weight is 312 g/mol. The number of hydrogen-bond acceptors (Lipinski definition) is 7. The minimum Gasteiger partial charge on any atom is -0.396 e. The summed E-state index contributed by atoms with van der Waals surface area (Å²) in [4.78, 5) is 13.4. The van der Waals surface area contributed by atoms with E-state index < -0.39 is 0 Å². The SMILES string of the molecule is CSc1cc(Cc2cnc(N)nc2N)c2cccnc2c1N. The smallest absolute Gasteiger partial charge is 0.221 e. The van der Waals surface area contributed by atoms with Crippen molar-refractivity contribution in [2.45, 2.75) is 11.3 Å². The van der Waals surface area contributed by atoms with Crippen molar-refractivity contribution in [2.24, 2.45) is 0 Å². The van der Waals surface area contributed by atoms with Crippen LogP contribution in [0, 0.1) is 0 Å². The Kier molecular flexibility index (Phi) is 3.72. The van der Waals surface area contributed by atoms with Crippen LogP contribution in [0.3, 0.4) is 0 Å². The first-order valence-corrected chi connectivity index (χ1v) is 7.89. The van der Waals surface area contributed by atoms with Gasteiger partial charge in [-0.1, -0.05) is 6.07 Å². The molecule has 0 aliphatic carbocycles. The Morgan fingerprint density at radius 1 is 1.14 bits per heavy atom. The normalized spacial score (nSPS) is 11.0. The van der Waals surface area contributed by atoms with Gasteiger partial charge in [-0.15, -0.1) is 11.8 Å². The predicted octanol–water partition coefficient (Wildman–Crippen LogP) is 2.08. The maximum Gasteiger partial charge on any atom is 0.221 e. The number of pyridine rings is 1. The molecule has 6 N–H and O–H groups in total. The molecular formula is C15H16N6S. The fourth-order valence-electron chi connectivity index (χ4n) is 2.40. The highest BCUT2D eigenvalue weighted by atomic mass is 32.2. The first-order chi connectivity index (χ1) is 10.6. The molecule has 0 atom stereocenters. The number of nitrogen functional groups attached to an aromatic ring is 3. The molecule has 0 bridgehead atoms. The van der Waals surface area contributed by atoms with Crippen molar-refractivity contribution in [3.8, 4) is 0 Å². The fourth-order valence-corrected chi connectivity index (χ4v) is 2.98. The number of aromatic nitrogens is 3. The van der Waals surface area contributed by atoms with E-state index >= 15 is 0 Å². The number of hydrogen-bond donors (Lipinski definition) is 3. The monoisotopic (exact) mass is 312 g/mol. The topological polar surface area (TPSA) is 117 Å². The van der Waals surface area contributed by atoms with Crippen molar-refractivity contribution >= 4 is 40.1 Å². The molecule has 2 aromatic heterocycles. The Morgan fingerprint density at radius 3 is 2.68 bits per heavy atom. The highest BCUT2D eigenvalue weighted by molar-refractivity contribution is 7.98. The molecule has 0 saturated heterocycles. The van der Waals surface area contributed by atoms with Gasteiger partial charge in [0.25, 0.3) is 0 Å². The number of nitrogens with two attached hydrogens (primary N) is 3. The second kappa shape index (κ2) is 5.69. The van der Waals surface area contributed by atoms with Gasteiger partial charge < -0.3 is 17.2 Å². The molecule has 0 unspecified atom stereocenters. The van der Waals surface area contributed by atoms with E-state index in [0.29, 0.717) is 17.9 Å². The van der Waals surface area contributed by atoms with Gasteiger partial charge in [0.05, 0.1) is 11.2 Å². The molecule has 0 aliphatic rings. The third kappa shape index (κ3) is 2.50. The number of benzene rings is 1. The lowest BCUT2D eigenvalue weighted by Crippen LogP contribution is -2.05. The Labute approximate surface area is 132 Å². The van der Waals surface area contributed by atoms with E-state index in [9.17, 15) is 0 Å². The molecule has 0 amide bonds. The molecule has 2 heterocycles. The molecule has 0 radical (unpaired) electrons. The zero-order chi connectivity index (χ0) is 15.7. The van der Waals surface area contributed by atoms with Gasteiger partial charge in [0.15, 0.2) is 0 Å². The van der Waals surface area contributed by atoms with Gasteiger partial charge >= 0.3 is 0 Å². The lowest BCUT2D eigenvalue weighted by atomic mass is 10.0. The summed E-state index contributed by atoms with van der Waals surface area (Å²) < 4.78 is 0. The maximum atomic E-state index is 6.19. The molecule has 6 nitrogen and oxygen atoms in total. The third-order valence-electron chi connectivity index (χ3n) is 3.50. The van der Waals surface area contributed by atoms with Gasteiger partial charge in [-0.2, -0.15) is 4.98 Å². The zero-order valence-electron chi connectivity index (χ0n) is 12.1. The second-order valence-corrected chi connectivity index (χ2v) is 5.71. The highest BCUT2D eigenvalue weighted by Crippen LogP contribution is 2.33. The maximum absolute atomic E-state index is 6.19. The number of fused-ring (bicyclic) bond motifs is 1. The molecule has 0 fully saturated rings. The van der Waals surface area contributed by atoms with E-state index in [1.165, 1.54) is 0 Å². The first-order valence-electron chi connectivity index (χ1n) is 6.67. The van der Waals surface area contributed by atoms with Gasteiger partial charge in [0.2, 0.25) is 5.95 Å². The fraction of sp³-hybridized carbons (Fsp3) is 0.133. The quantitative estimate of drug-likeness (QED) is 0.500. The van der Waals surface area contributed by atoms with Crippen molar-refractivity contribution in [1.29, 1.82) is 0 Å². The molecule has 22 heavy (non-hydrogen) atoms. The molecular weight excluding hydrogens is 296 g/mol. The highest BCUT2D eigenvalue weighted by Gasteiger charge is 2.12. The van der Waals surface area contributed by atoms with Gasteiger partial charge in [0, 0.05) is 34.7 Å². The van der Waals surface area contributed by atoms with Crippen LogP contribution >= 0.6 is 11.8 Å². The molecule has 3 rings (SSSR count). The van der Waals surface area contributed by atoms with Crippen molar-refractivity contribution in [3.63, 3.8) is 0 Å². The summed E-state index contributed by atoms with van der Waals surface area (Å²) >= 11 is 1.59. The van der Waals surface area contributed by atoms with Crippen molar-refractivity contribution < 1.29 is 0 Å². The van der Waals surface area contributed by atoms with Crippen LogP contribution in [0.1, 0.15) is 11.1 Å². The van der Waals surface area contributed by atoms with Crippen LogP contribution in [-0.4, -0.2) is 21.2 Å². The molecule has 112 valence electrons. The summed E-state index contributed by atoms with van der Waals surface area (Å²) in [7, 11) is 0. The van der Waals surface area contributed by atoms with E-state index in [0.717, 1.165) is 26.9 Å². The number of nitrogens with zero attached hydrogens (tertiary/aromatic N) is 3. The summed E-state index contributed by atoms with van der Waals surface area (Å²) in [5.41, 5.74) is 21.1. The zero-order valence-corrected chi connectivity index (χ0v) is 12.9. The van der Waals surface area contributed by atoms with E-state index in [-0.39, 0.29) is 5.95 Å². The lowest BCUT2D eigenvalue weighted by molar-refractivity contribution is 1.09. The minimum atomic E-state index is 0.176. The van der Waals surface area contributed by atoms with Crippen molar-refractivity contribution in [1.82, 2.24) is 15.0 Å². The summed E-state index contributed by atoms with van der Waals surface area (Å²) in [5.74, 6) is 0.571. The number of thioether (sulfide) groups is 1. The number of anilines is 3. The Bertz CT molecular complexity index is 849. The lowest BCUT2D eigenvalue weighted by Gasteiger charge is -2.12. The predicted molar refractivity (Wildman–Crippen MR) is 91.6 cm³/mol. The van der Waals surface area contributed by atoms with Crippen LogP contribution in [-0.2, 0) is 6.42 Å². The van der Waals surface area contributed by atoms with Crippen LogP contribution in [0.15, 0.2) is 35.5 Å². The summed E-state index contributed by atoms with van der Waals surface area (Å²) in [6, 6.07) is 5.97. The Morgan fingerprint density at radius 2 is 1.95 bits per heavy atom. The summed E-state index contributed by atoms with van der Waals surface area (Å²) in [5, 5.41) is 1.01. The molecule has 0 saturated carbocycles.